The number of urea groups is 3. The van der Waals surface area contributed by atoms with Gasteiger partial charge in [-0.05, 0) is 159 Å². The van der Waals surface area contributed by atoms with Crippen LogP contribution in [-0.4, -0.2) is 35.8 Å². The van der Waals surface area contributed by atoms with Crippen molar-refractivity contribution in [1.29, 1.82) is 0 Å². The highest BCUT2D eigenvalue weighted by Crippen LogP contribution is 2.54. The highest BCUT2D eigenvalue weighted by molar-refractivity contribution is 6.15. The van der Waals surface area contributed by atoms with E-state index in [1.807, 2.05) is 36.4 Å². The van der Waals surface area contributed by atoms with Gasteiger partial charge in [0.15, 0.2) is 16.6 Å². The smallest absolute Gasteiger partial charge is 0.316 e. The van der Waals surface area contributed by atoms with Crippen LogP contribution in [0.15, 0.2) is 109 Å². The number of imide groups is 3. The van der Waals surface area contributed by atoms with Crippen LogP contribution in [0.25, 0.3) is 33.4 Å². The molecule has 3 atom stereocenters. The summed E-state index contributed by atoms with van der Waals surface area (Å²) in [6.45, 7) is 0. The third-order valence-corrected chi connectivity index (χ3v) is 16.7. The molecule has 6 aromatic rings. The van der Waals surface area contributed by atoms with E-state index in [9.17, 15) is 41.9 Å². The summed E-state index contributed by atoms with van der Waals surface area (Å²) < 4.78 is 41.6. The first-order chi connectivity index (χ1) is 34.8. The third-order valence-electron chi connectivity index (χ3n) is 16.7. The monoisotopic (exact) mass is 966 g/mol. The Labute approximate surface area is 410 Å². The summed E-state index contributed by atoms with van der Waals surface area (Å²) >= 11 is 0. The van der Waals surface area contributed by atoms with E-state index in [0.717, 1.165) is 88.6 Å². The second kappa shape index (κ2) is 15.7. The molecule has 3 spiro atoms. The molecular weight excluding hydrogens is 922 g/mol. The molecule has 12 nitrogen and oxygen atoms in total. The molecule has 6 N–H and O–H groups in total. The van der Waals surface area contributed by atoms with Crippen molar-refractivity contribution in [2.24, 2.45) is 0 Å². The maximum atomic E-state index is 13.9. The minimum atomic E-state index is -1.32. The molecule has 3 saturated heterocycles. The molecule has 3 heterocycles. The van der Waals surface area contributed by atoms with Gasteiger partial charge in [-0.15, -0.1) is 0 Å². The Balaban J connectivity index is 0.000000105. The molecule has 15 heteroatoms. The number of benzene rings is 6. The summed E-state index contributed by atoms with van der Waals surface area (Å²) in [7, 11) is 0. The first-order valence-corrected chi connectivity index (χ1v) is 24.5. The van der Waals surface area contributed by atoms with Crippen LogP contribution in [0.4, 0.5) is 27.6 Å². The minimum absolute atomic E-state index is 0.422. The Morgan fingerprint density at radius 2 is 0.569 bits per heavy atom. The van der Waals surface area contributed by atoms with Gasteiger partial charge in [-0.2, -0.15) is 0 Å². The van der Waals surface area contributed by atoms with Crippen molar-refractivity contribution in [3.63, 3.8) is 0 Å². The average Bonchev–Trinajstić information content (AvgIpc) is 4.09. The van der Waals surface area contributed by atoms with Gasteiger partial charge in [0.25, 0.3) is 17.7 Å². The van der Waals surface area contributed by atoms with Gasteiger partial charge in [-0.3, -0.25) is 30.3 Å². The summed E-state index contributed by atoms with van der Waals surface area (Å²) in [5.74, 6) is -1.07. The standard InChI is InChI=1S/3C19H15FN2O2/c3*20-12-5-7-14-13-6-4-11(10-2-1-3-10)8-15(13)19(16(14)9-12)17(23)21-18(24)22-19/h3*4-10H,1-3H2,(H2,21,22,23,24)/t2*19-;/m10./s1. The van der Waals surface area contributed by atoms with Crippen LogP contribution in [0.2, 0.25) is 0 Å². The van der Waals surface area contributed by atoms with Crippen LogP contribution < -0.4 is 31.9 Å². The molecule has 3 aliphatic heterocycles. The van der Waals surface area contributed by atoms with E-state index in [1.54, 1.807) is 18.2 Å². The summed E-state index contributed by atoms with van der Waals surface area (Å²) in [5.41, 5.74) is 8.38. The van der Waals surface area contributed by atoms with Gasteiger partial charge in [0, 0.05) is 16.7 Å². The Morgan fingerprint density at radius 3 is 0.778 bits per heavy atom. The van der Waals surface area contributed by atoms with Gasteiger partial charge in [0.05, 0.1) is 0 Å². The van der Waals surface area contributed by atoms with E-state index in [-0.39, 0.29) is 0 Å². The van der Waals surface area contributed by atoms with Crippen molar-refractivity contribution in [1.82, 2.24) is 31.9 Å². The van der Waals surface area contributed by atoms with Gasteiger partial charge >= 0.3 is 18.1 Å². The Bertz CT molecular complexity index is 3120. The Kier molecular flexibility index (Phi) is 9.58. The Morgan fingerprint density at radius 1 is 0.333 bits per heavy atom. The summed E-state index contributed by atoms with van der Waals surface area (Å²) in [5, 5.41) is 15.2. The molecule has 6 fully saturated rings. The fourth-order valence-corrected chi connectivity index (χ4v) is 12.4. The van der Waals surface area contributed by atoms with E-state index in [2.05, 4.69) is 50.1 Å². The summed E-state index contributed by atoms with van der Waals surface area (Å²) in [6.07, 6.45) is 10.5. The number of amides is 9. The topological polar surface area (TPSA) is 175 Å². The fourth-order valence-electron chi connectivity index (χ4n) is 12.4. The van der Waals surface area contributed by atoms with Crippen molar-refractivity contribution in [2.75, 3.05) is 0 Å². The van der Waals surface area contributed by atoms with Gasteiger partial charge < -0.3 is 16.0 Å². The van der Waals surface area contributed by atoms with Crippen LogP contribution in [0.3, 0.4) is 0 Å². The van der Waals surface area contributed by atoms with Crippen molar-refractivity contribution in [3.05, 3.63) is 177 Å². The third kappa shape index (κ3) is 6.18. The Hall–Kier alpha value is -8.07. The average molecular weight is 967 g/mol. The zero-order valence-corrected chi connectivity index (χ0v) is 38.6. The van der Waals surface area contributed by atoms with E-state index < -0.39 is 69.9 Å². The fraction of sp³-hybridized carbons (Fsp3) is 0.263. The van der Waals surface area contributed by atoms with Crippen LogP contribution in [0, 0.1) is 17.5 Å². The molecule has 15 rings (SSSR count). The van der Waals surface area contributed by atoms with Gasteiger partial charge in [-0.1, -0.05) is 92.1 Å². The quantitative estimate of drug-likeness (QED) is 0.0964. The molecule has 9 amide bonds. The SMILES string of the molecule is O=C1NC(=O)C2(N1)c1cc(F)ccc1-c1ccc(C3CCC3)cc12.O=C1NC(=O)[C@@]2(N1)c1cc(F)ccc1-c1ccc(C3CCC3)cc12.O=C1NC(=O)[C@]2(N1)c1cc(F)ccc1-c1ccc(C3CCC3)cc12. The zero-order valence-electron chi connectivity index (χ0n) is 38.6. The maximum Gasteiger partial charge on any atom is 0.322 e. The van der Waals surface area contributed by atoms with Gasteiger partial charge in [0.2, 0.25) is 0 Å². The van der Waals surface area contributed by atoms with Crippen molar-refractivity contribution >= 4 is 35.8 Å². The van der Waals surface area contributed by atoms with Crippen LogP contribution in [0.5, 0.6) is 0 Å². The van der Waals surface area contributed by atoms with Gasteiger partial charge in [0.1, 0.15) is 17.5 Å². The molecule has 72 heavy (non-hydrogen) atoms. The molecule has 3 saturated carbocycles. The predicted octanol–water partition coefficient (Wildman–Crippen LogP) is 9.47. The summed E-state index contributed by atoms with van der Waals surface area (Å²) in [6, 6.07) is 29.9. The molecule has 0 bridgehead atoms. The predicted molar refractivity (Wildman–Crippen MR) is 258 cm³/mol. The highest BCUT2D eigenvalue weighted by atomic mass is 19.1. The maximum absolute atomic E-state index is 13.9. The van der Waals surface area contributed by atoms with Crippen LogP contribution in [0.1, 0.15) is 126 Å². The number of hydrogen-bond acceptors (Lipinski definition) is 6. The molecule has 6 aromatic carbocycles. The van der Waals surface area contributed by atoms with Crippen molar-refractivity contribution < 1.29 is 41.9 Å². The van der Waals surface area contributed by atoms with E-state index in [1.165, 1.54) is 72.4 Å². The van der Waals surface area contributed by atoms with E-state index in [4.69, 9.17) is 0 Å². The van der Waals surface area contributed by atoms with E-state index >= 15 is 0 Å². The normalized spacial score (nSPS) is 24.4. The largest absolute Gasteiger partial charge is 0.322 e. The van der Waals surface area contributed by atoms with Crippen LogP contribution in [-0.2, 0) is 31.0 Å². The lowest BCUT2D eigenvalue weighted by molar-refractivity contribution is -0.123. The van der Waals surface area contributed by atoms with Gasteiger partial charge in [-0.25, -0.2) is 27.6 Å². The molecule has 0 aromatic heterocycles. The number of carbonyl (C=O) groups excluding carboxylic acids is 6. The molecule has 0 radical (unpaired) electrons. The highest BCUT2D eigenvalue weighted by Gasteiger charge is 2.58. The number of fused-ring (bicyclic) bond motifs is 15. The zero-order chi connectivity index (χ0) is 49.4. The number of carbonyl (C=O) groups is 6. The number of nitrogens with one attached hydrogen (secondary N) is 6. The number of rotatable bonds is 3. The van der Waals surface area contributed by atoms with Crippen molar-refractivity contribution in [3.8, 4) is 33.4 Å². The van der Waals surface area contributed by atoms with E-state index in [0.29, 0.717) is 34.4 Å². The molecule has 9 aliphatic rings. The first kappa shape index (κ1) is 43.9. The van der Waals surface area contributed by atoms with Crippen molar-refractivity contribution in [2.45, 2.75) is 92.2 Å². The van der Waals surface area contributed by atoms with Crippen LogP contribution >= 0.6 is 0 Å². The first-order valence-electron chi connectivity index (χ1n) is 24.5. The lowest BCUT2D eigenvalue weighted by atomic mass is 9.78. The summed E-state index contributed by atoms with van der Waals surface area (Å²) in [4.78, 5) is 73.7. The lowest BCUT2D eigenvalue weighted by Gasteiger charge is -2.28. The molecule has 360 valence electrons. The number of hydrogen-bond donors (Lipinski definition) is 6. The second-order valence-electron chi connectivity index (χ2n) is 20.3. The number of halogens is 3. The second-order valence-corrected chi connectivity index (χ2v) is 20.3. The lowest BCUT2D eigenvalue weighted by Crippen LogP contribution is -2.43. The molecule has 1 unspecified atom stereocenters. The molecular formula is C57H45F3N6O6. The minimum Gasteiger partial charge on any atom is -0.316 e. The molecule has 6 aliphatic carbocycles.